The van der Waals surface area contributed by atoms with Crippen LogP contribution in [0.3, 0.4) is 0 Å². The molecule has 1 aromatic heterocycles. The van der Waals surface area contributed by atoms with E-state index in [1.807, 2.05) is 11.3 Å². The Morgan fingerprint density at radius 3 is 2.71 bits per heavy atom. The van der Waals surface area contributed by atoms with Crippen LogP contribution in [-0.2, 0) is 11.3 Å². The van der Waals surface area contributed by atoms with E-state index in [4.69, 9.17) is 9.72 Å². The largest absolute Gasteiger partial charge is 0.381 e. The van der Waals surface area contributed by atoms with Gasteiger partial charge in [-0.05, 0) is 38.1 Å². The highest BCUT2D eigenvalue weighted by Crippen LogP contribution is 2.44. The molecular formula is C16H27N3OS. The molecule has 2 fully saturated rings. The van der Waals surface area contributed by atoms with Crippen molar-refractivity contribution < 1.29 is 4.74 Å². The van der Waals surface area contributed by atoms with Crippen LogP contribution in [0.2, 0.25) is 0 Å². The SMILES string of the molecule is CCNCc1sc(N(C)CC2CCOCC2)nc1C1CC1. The molecule has 5 heteroatoms. The standard InChI is InChI=1S/C16H27N3OS/c1-3-17-10-14-15(13-4-5-13)18-16(21-14)19(2)11-12-6-8-20-9-7-12/h12-13,17H,3-11H2,1-2H3. The van der Waals surface area contributed by atoms with E-state index < -0.39 is 0 Å². The molecule has 2 aliphatic rings. The Bertz CT molecular complexity index is 452. The Morgan fingerprint density at radius 1 is 1.29 bits per heavy atom. The lowest BCUT2D eigenvalue weighted by Gasteiger charge is -2.26. The molecule has 1 saturated carbocycles. The smallest absolute Gasteiger partial charge is 0.185 e. The third-order valence-corrected chi connectivity index (χ3v) is 5.60. The molecular weight excluding hydrogens is 282 g/mol. The van der Waals surface area contributed by atoms with Crippen LogP contribution >= 0.6 is 11.3 Å². The highest BCUT2D eigenvalue weighted by atomic mass is 32.1. The third-order valence-electron chi connectivity index (χ3n) is 4.42. The topological polar surface area (TPSA) is 37.4 Å². The number of anilines is 1. The van der Waals surface area contributed by atoms with Gasteiger partial charge in [-0.25, -0.2) is 4.98 Å². The molecule has 1 saturated heterocycles. The Hall–Kier alpha value is -0.650. The number of nitrogens with zero attached hydrogens (tertiary/aromatic N) is 2. The lowest BCUT2D eigenvalue weighted by atomic mass is 10.0. The molecule has 1 N–H and O–H groups in total. The van der Waals surface area contributed by atoms with Crippen molar-refractivity contribution in [3.8, 4) is 0 Å². The molecule has 0 spiro atoms. The first-order valence-corrected chi connectivity index (χ1v) is 9.08. The van der Waals surface area contributed by atoms with Crippen molar-refractivity contribution >= 4 is 16.5 Å². The van der Waals surface area contributed by atoms with Crippen LogP contribution in [0.15, 0.2) is 0 Å². The maximum atomic E-state index is 5.45. The van der Waals surface area contributed by atoms with Gasteiger partial charge < -0.3 is 15.0 Å². The molecule has 1 aliphatic carbocycles. The summed E-state index contributed by atoms with van der Waals surface area (Å²) in [7, 11) is 2.20. The van der Waals surface area contributed by atoms with Crippen molar-refractivity contribution in [3.05, 3.63) is 10.6 Å². The van der Waals surface area contributed by atoms with Gasteiger partial charge in [-0.2, -0.15) is 0 Å². The van der Waals surface area contributed by atoms with Crippen LogP contribution < -0.4 is 10.2 Å². The number of thiazole rings is 1. The molecule has 0 aromatic carbocycles. The monoisotopic (exact) mass is 309 g/mol. The van der Waals surface area contributed by atoms with Crippen LogP contribution in [0.1, 0.15) is 49.1 Å². The first kappa shape index (κ1) is 15.3. The van der Waals surface area contributed by atoms with Crippen LogP contribution in [-0.4, -0.2) is 38.3 Å². The highest BCUT2D eigenvalue weighted by Gasteiger charge is 2.30. The summed E-state index contributed by atoms with van der Waals surface area (Å²) in [6, 6.07) is 0. The maximum Gasteiger partial charge on any atom is 0.185 e. The van der Waals surface area contributed by atoms with Crippen LogP contribution in [0.4, 0.5) is 5.13 Å². The summed E-state index contributed by atoms with van der Waals surface area (Å²) >= 11 is 1.89. The minimum Gasteiger partial charge on any atom is -0.381 e. The Labute approximate surface area is 131 Å². The molecule has 1 aromatic rings. The molecule has 0 atom stereocenters. The minimum atomic E-state index is 0.736. The van der Waals surface area contributed by atoms with Gasteiger partial charge in [-0.15, -0.1) is 11.3 Å². The molecule has 118 valence electrons. The second-order valence-electron chi connectivity index (χ2n) is 6.30. The second kappa shape index (κ2) is 7.07. The molecule has 1 aliphatic heterocycles. The lowest BCUT2D eigenvalue weighted by Crippen LogP contribution is -2.29. The van der Waals surface area contributed by atoms with Gasteiger partial charge in [0.2, 0.25) is 0 Å². The van der Waals surface area contributed by atoms with Crippen molar-refractivity contribution in [1.29, 1.82) is 0 Å². The Morgan fingerprint density at radius 2 is 2.05 bits per heavy atom. The van der Waals surface area contributed by atoms with Crippen LogP contribution in [0.25, 0.3) is 0 Å². The quantitative estimate of drug-likeness (QED) is 0.840. The molecule has 4 nitrogen and oxygen atoms in total. The van der Waals surface area contributed by atoms with Crippen molar-refractivity contribution in [2.75, 3.05) is 38.3 Å². The van der Waals surface area contributed by atoms with E-state index in [-0.39, 0.29) is 0 Å². The van der Waals surface area contributed by atoms with Gasteiger partial charge in [0.15, 0.2) is 5.13 Å². The molecule has 0 radical (unpaired) electrons. The predicted octanol–water partition coefficient (Wildman–Crippen LogP) is 2.99. The fourth-order valence-electron chi connectivity index (χ4n) is 2.95. The summed E-state index contributed by atoms with van der Waals surface area (Å²) in [6.07, 6.45) is 5.03. The minimum absolute atomic E-state index is 0.736. The molecule has 21 heavy (non-hydrogen) atoms. The van der Waals surface area contributed by atoms with Gasteiger partial charge in [0.1, 0.15) is 0 Å². The van der Waals surface area contributed by atoms with Crippen molar-refractivity contribution in [2.24, 2.45) is 5.92 Å². The third kappa shape index (κ3) is 3.96. The lowest BCUT2D eigenvalue weighted by molar-refractivity contribution is 0.0685. The number of hydrogen-bond acceptors (Lipinski definition) is 5. The Balaban J connectivity index is 1.65. The summed E-state index contributed by atoms with van der Waals surface area (Å²) in [4.78, 5) is 8.78. The summed E-state index contributed by atoms with van der Waals surface area (Å²) < 4.78 is 5.45. The number of nitrogens with one attached hydrogen (secondary N) is 1. The molecule has 2 heterocycles. The van der Waals surface area contributed by atoms with E-state index in [1.165, 1.54) is 41.4 Å². The van der Waals surface area contributed by atoms with Gasteiger partial charge in [-0.3, -0.25) is 0 Å². The van der Waals surface area contributed by atoms with E-state index in [2.05, 4.69) is 24.2 Å². The van der Waals surface area contributed by atoms with Gasteiger partial charge in [0, 0.05) is 44.1 Å². The number of aromatic nitrogens is 1. The zero-order valence-electron chi connectivity index (χ0n) is 13.2. The zero-order valence-corrected chi connectivity index (χ0v) is 14.0. The van der Waals surface area contributed by atoms with Crippen LogP contribution in [0.5, 0.6) is 0 Å². The highest BCUT2D eigenvalue weighted by molar-refractivity contribution is 7.15. The van der Waals surface area contributed by atoms with Crippen molar-refractivity contribution in [1.82, 2.24) is 10.3 Å². The molecule has 0 amide bonds. The fourth-order valence-corrected chi connectivity index (χ4v) is 4.04. The summed E-state index contributed by atoms with van der Waals surface area (Å²) in [5.41, 5.74) is 1.37. The summed E-state index contributed by atoms with van der Waals surface area (Å²) in [5, 5.41) is 4.66. The van der Waals surface area contributed by atoms with Crippen molar-refractivity contribution in [3.63, 3.8) is 0 Å². The zero-order chi connectivity index (χ0) is 14.7. The van der Waals surface area contributed by atoms with E-state index in [1.54, 1.807) is 0 Å². The van der Waals surface area contributed by atoms with E-state index in [0.717, 1.165) is 44.7 Å². The Kier molecular flexibility index (Phi) is 5.14. The maximum absolute atomic E-state index is 5.45. The first-order chi connectivity index (χ1) is 10.3. The molecule has 0 unspecified atom stereocenters. The predicted molar refractivity (Wildman–Crippen MR) is 88.3 cm³/mol. The second-order valence-corrected chi connectivity index (χ2v) is 7.36. The van der Waals surface area contributed by atoms with Crippen molar-refractivity contribution in [2.45, 2.75) is 45.1 Å². The van der Waals surface area contributed by atoms with Gasteiger partial charge in [-0.1, -0.05) is 6.92 Å². The summed E-state index contributed by atoms with van der Waals surface area (Å²) in [6.45, 7) is 7.13. The van der Waals surface area contributed by atoms with E-state index in [9.17, 15) is 0 Å². The molecule has 3 rings (SSSR count). The average molecular weight is 309 g/mol. The average Bonchev–Trinajstić information content (AvgIpc) is 3.26. The first-order valence-electron chi connectivity index (χ1n) is 8.27. The van der Waals surface area contributed by atoms with Gasteiger partial charge in [0.05, 0.1) is 5.69 Å². The number of ether oxygens (including phenoxy) is 1. The number of rotatable bonds is 7. The van der Waals surface area contributed by atoms with Crippen LogP contribution in [0, 0.1) is 5.92 Å². The summed E-state index contributed by atoms with van der Waals surface area (Å²) in [5.74, 6) is 1.49. The van der Waals surface area contributed by atoms with Gasteiger partial charge in [0.25, 0.3) is 0 Å². The van der Waals surface area contributed by atoms with E-state index in [0.29, 0.717) is 0 Å². The fraction of sp³-hybridized carbons (Fsp3) is 0.812. The molecule has 0 bridgehead atoms. The number of hydrogen-bond donors (Lipinski definition) is 1. The van der Waals surface area contributed by atoms with E-state index >= 15 is 0 Å². The normalized spacial score (nSPS) is 19.9. The van der Waals surface area contributed by atoms with Gasteiger partial charge >= 0.3 is 0 Å².